The summed E-state index contributed by atoms with van der Waals surface area (Å²) in [7, 11) is 0. The van der Waals surface area contributed by atoms with Crippen molar-refractivity contribution in [2.45, 2.75) is 45.2 Å². The first-order chi connectivity index (χ1) is 17.8. The second-order valence-electron chi connectivity index (χ2n) is 9.62. The van der Waals surface area contributed by atoms with E-state index in [1.54, 1.807) is 54.3 Å². The van der Waals surface area contributed by atoms with Gasteiger partial charge in [0.1, 0.15) is 5.78 Å². The molecule has 1 aliphatic carbocycles. The maximum Gasteiger partial charge on any atom is 0.261 e. The molecule has 0 N–H and O–H groups in total. The molecule has 0 unspecified atom stereocenters. The zero-order valence-electron chi connectivity index (χ0n) is 20.3. The van der Waals surface area contributed by atoms with E-state index in [0.29, 0.717) is 27.9 Å². The average molecular weight is 500 g/mol. The highest BCUT2D eigenvalue weighted by atomic mass is 16.2. The van der Waals surface area contributed by atoms with Crippen LogP contribution in [0.15, 0.2) is 47.6 Å². The maximum atomic E-state index is 13.9. The molecule has 3 atom stereocenters. The van der Waals surface area contributed by atoms with Crippen molar-refractivity contribution in [2.24, 2.45) is 17.0 Å². The lowest BCUT2D eigenvalue weighted by atomic mass is 9.67. The van der Waals surface area contributed by atoms with Gasteiger partial charge in [0, 0.05) is 42.2 Å². The predicted octanol–water partition coefficient (Wildman–Crippen LogP) is 4.09. The molecule has 2 aromatic carbocycles. The van der Waals surface area contributed by atoms with Crippen LogP contribution in [0.5, 0.6) is 0 Å². The third kappa shape index (κ3) is 4.09. The van der Waals surface area contributed by atoms with Crippen LogP contribution in [-0.4, -0.2) is 46.8 Å². The first kappa shape index (κ1) is 24.4. The van der Waals surface area contributed by atoms with Crippen LogP contribution in [0.25, 0.3) is 10.4 Å². The Balaban J connectivity index is 1.47. The van der Waals surface area contributed by atoms with Gasteiger partial charge in [0.15, 0.2) is 5.78 Å². The van der Waals surface area contributed by atoms with Crippen molar-refractivity contribution < 1.29 is 24.0 Å². The Hall–Kier alpha value is -4.30. The Morgan fingerprint density at radius 2 is 1.73 bits per heavy atom. The smallest absolute Gasteiger partial charge is 0.261 e. The number of ketones is 2. The van der Waals surface area contributed by atoms with E-state index in [0.717, 1.165) is 0 Å². The van der Waals surface area contributed by atoms with Gasteiger partial charge in [-0.3, -0.25) is 28.9 Å². The molecule has 188 valence electrons. The summed E-state index contributed by atoms with van der Waals surface area (Å²) in [5.74, 6) is -2.29. The molecule has 5 rings (SSSR count). The molecule has 3 aliphatic rings. The Morgan fingerprint density at radius 1 is 1.03 bits per heavy atom. The molecule has 0 aromatic heterocycles. The first-order valence-corrected chi connectivity index (χ1v) is 12.3. The standard InChI is InChI=1S/C27H25N5O5/c1-2-23(34)32-21-8-7-15(14-29-30-28)11-20(21)25(35)24-16(12-17(33)13-22(24)32)9-10-31-26(36)18-5-3-4-6-19(18)27(31)37/h3-8,11,16,22,24H,2,9-10,12-14H2,1H3/t16-,22+,24-/m0/s1. The number of imide groups is 1. The number of amides is 3. The minimum atomic E-state index is -0.648. The zero-order valence-corrected chi connectivity index (χ0v) is 20.3. The lowest BCUT2D eigenvalue weighted by Gasteiger charge is -2.46. The molecule has 1 fully saturated rings. The third-order valence-corrected chi connectivity index (χ3v) is 7.56. The molecule has 0 bridgehead atoms. The van der Waals surface area contributed by atoms with Crippen LogP contribution in [0.4, 0.5) is 5.69 Å². The van der Waals surface area contributed by atoms with Crippen LogP contribution in [0.3, 0.4) is 0 Å². The summed E-state index contributed by atoms with van der Waals surface area (Å²) in [6.07, 6.45) is 0.681. The Bertz CT molecular complexity index is 1360. The lowest BCUT2D eigenvalue weighted by Crippen LogP contribution is -2.57. The van der Waals surface area contributed by atoms with E-state index in [-0.39, 0.29) is 68.1 Å². The molecule has 3 amide bonds. The van der Waals surface area contributed by atoms with E-state index < -0.39 is 17.9 Å². The number of hydrogen-bond donors (Lipinski definition) is 0. The highest BCUT2D eigenvalue weighted by Gasteiger charge is 2.50. The molecule has 2 aliphatic heterocycles. The molecule has 0 saturated heterocycles. The van der Waals surface area contributed by atoms with E-state index in [1.807, 2.05) is 0 Å². The SMILES string of the molecule is CCC(=O)N1c2ccc(CN=[N+]=[N-])cc2C(=O)[C@H]2[C@@H](CCN3C(=O)c4ccccc4C3=O)CC(=O)C[C@H]21. The van der Waals surface area contributed by atoms with E-state index in [9.17, 15) is 24.0 Å². The highest BCUT2D eigenvalue weighted by Crippen LogP contribution is 2.44. The van der Waals surface area contributed by atoms with Gasteiger partial charge >= 0.3 is 0 Å². The average Bonchev–Trinajstić information content (AvgIpc) is 3.15. The summed E-state index contributed by atoms with van der Waals surface area (Å²) in [4.78, 5) is 71.0. The number of fused-ring (bicyclic) bond motifs is 3. The summed E-state index contributed by atoms with van der Waals surface area (Å²) in [6.45, 7) is 1.87. The van der Waals surface area contributed by atoms with Crippen LogP contribution in [0.2, 0.25) is 0 Å². The van der Waals surface area contributed by atoms with Gasteiger partial charge in [0.2, 0.25) is 5.91 Å². The topological polar surface area (TPSA) is 141 Å². The number of carbonyl (C=O) groups is 5. The van der Waals surface area contributed by atoms with E-state index in [1.165, 1.54) is 4.90 Å². The molecule has 1 saturated carbocycles. The van der Waals surface area contributed by atoms with Crippen molar-refractivity contribution in [1.82, 2.24) is 4.90 Å². The summed E-state index contributed by atoms with van der Waals surface area (Å²) >= 11 is 0. The fourth-order valence-electron chi connectivity index (χ4n) is 5.89. The van der Waals surface area contributed by atoms with Gasteiger partial charge in [-0.05, 0) is 47.7 Å². The van der Waals surface area contributed by atoms with Crippen molar-refractivity contribution >= 4 is 35.0 Å². The largest absolute Gasteiger partial charge is 0.307 e. The fourth-order valence-corrected chi connectivity index (χ4v) is 5.89. The number of rotatable bonds is 6. The van der Waals surface area contributed by atoms with Gasteiger partial charge in [0.25, 0.3) is 11.8 Å². The molecular weight excluding hydrogens is 474 g/mol. The molecule has 0 radical (unpaired) electrons. The molecule has 10 nitrogen and oxygen atoms in total. The van der Waals surface area contributed by atoms with E-state index in [4.69, 9.17) is 5.53 Å². The zero-order chi connectivity index (χ0) is 26.3. The Kier molecular flexibility index (Phi) is 6.35. The van der Waals surface area contributed by atoms with E-state index in [2.05, 4.69) is 10.0 Å². The number of nitrogens with zero attached hydrogens (tertiary/aromatic N) is 5. The second kappa shape index (κ2) is 9.63. The first-order valence-electron chi connectivity index (χ1n) is 12.3. The molecule has 0 spiro atoms. The van der Waals surface area contributed by atoms with Crippen LogP contribution in [0.1, 0.15) is 69.2 Å². The number of azide groups is 1. The molecule has 2 aromatic rings. The second-order valence-corrected chi connectivity index (χ2v) is 9.62. The van der Waals surface area contributed by atoms with Crippen LogP contribution in [-0.2, 0) is 16.1 Å². The van der Waals surface area contributed by atoms with Crippen LogP contribution in [0, 0.1) is 11.8 Å². The van der Waals surface area contributed by atoms with Crippen molar-refractivity contribution in [2.75, 3.05) is 11.4 Å². The quantitative estimate of drug-likeness (QED) is 0.255. The predicted molar refractivity (Wildman–Crippen MR) is 133 cm³/mol. The van der Waals surface area contributed by atoms with Gasteiger partial charge < -0.3 is 4.90 Å². The summed E-state index contributed by atoms with van der Waals surface area (Å²) < 4.78 is 0. The number of hydrogen-bond acceptors (Lipinski definition) is 6. The molecule has 2 heterocycles. The number of benzene rings is 2. The van der Waals surface area contributed by atoms with Gasteiger partial charge in [0.05, 0.1) is 29.4 Å². The molecule has 37 heavy (non-hydrogen) atoms. The van der Waals surface area contributed by atoms with Crippen molar-refractivity contribution in [3.63, 3.8) is 0 Å². The number of anilines is 1. The third-order valence-electron chi connectivity index (χ3n) is 7.56. The van der Waals surface area contributed by atoms with Crippen LogP contribution < -0.4 is 4.90 Å². The normalized spacial score (nSPS) is 22.4. The minimum Gasteiger partial charge on any atom is -0.307 e. The number of carbonyl (C=O) groups excluding carboxylic acids is 5. The molecular formula is C27H25N5O5. The van der Waals surface area contributed by atoms with Gasteiger partial charge in [-0.15, -0.1) is 0 Å². The monoisotopic (exact) mass is 499 g/mol. The van der Waals surface area contributed by atoms with Crippen LogP contribution >= 0.6 is 0 Å². The summed E-state index contributed by atoms with van der Waals surface area (Å²) in [5.41, 5.74) is 10.8. The van der Waals surface area contributed by atoms with Crippen molar-refractivity contribution in [3.05, 3.63) is 75.2 Å². The Labute approximate surface area is 212 Å². The minimum absolute atomic E-state index is 0.0567. The molecule has 10 heteroatoms. The highest BCUT2D eigenvalue weighted by molar-refractivity contribution is 6.21. The van der Waals surface area contributed by atoms with Gasteiger partial charge in [-0.1, -0.05) is 30.2 Å². The number of Topliss-reactive ketones (excluding diaryl/α,β-unsaturated/α-hetero) is 2. The van der Waals surface area contributed by atoms with Gasteiger partial charge in [-0.25, -0.2) is 0 Å². The summed E-state index contributed by atoms with van der Waals surface area (Å²) in [6, 6.07) is 11.0. The fraction of sp³-hybridized carbons (Fsp3) is 0.370. The van der Waals surface area contributed by atoms with Crippen molar-refractivity contribution in [1.29, 1.82) is 0 Å². The Morgan fingerprint density at radius 3 is 2.38 bits per heavy atom. The van der Waals surface area contributed by atoms with Crippen molar-refractivity contribution in [3.8, 4) is 0 Å². The lowest BCUT2D eigenvalue weighted by molar-refractivity contribution is -0.124. The van der Waals surface area contributed by atoms with Gasteiger partial charge in [-0.2, -0.15) is 0 Å². The maximum absolute atomic E-state index is 13.9. The summed E-state index contributed by atoms with van der Waals surface area (Å²) in [5, 5.41) is 3.57. The van der Waals surface area contributed by atoms with E-state index >= 15 is 0 Å².